The fraction of sp³-hybridized carbons (Fsp3) is 0.480. The van der Waals surface area contributed by atoms with Gasteiger partial charge in [-0.1, -0.05) is 24.6 Å². The van der Waals surface area contributed by atoms with Gasteiger partial charge in [0.05, 0.1) is 16.2 Å². The van der Waals surface area contributed by atoms with E-state index in [-0.39, 0.29) is 45.5 Å². The van der Waals surface area contributed by atoms with Crippen molar-refractivity contribution >= 4 is 27.3 Å². The first-order valence-electron chi connectivity index (χ1n) is 11.8. The van der Waals surface area contributed by atoms with E-state index < -0.39 is 27.5 Å². The van der Waals surface area contributed by atoms with Crippen LogP contribution in [0.3, 0.4) is 0 Å². The van der Waals surface area contributed by atoms with E-state index in [4.69, 9.17) is 11.6 Å². The number of rotatable bonds is 9. The van der Waals surface area contributed by atoms with Crippen molar-refractivity contribution < 1.29 is 26.4 Å². The van der Waals surface area contributed by atoms with Crippen molar-refractivity contribution in [2.45, 2.75) is 43.9 Å². The zero-order valence-corrected chi connectivity index (χ0v) is 21.9. The quantitative estimate of drug-likeness (QED) is 0.485. The Balaban J connectivity index is 1.79. The zero-order valence-electron chi connectivity index (χ0n) is 20.3. The number of carbonyl (C=O) groups is 1. The van der Waals surface area contributed by atoms with Crippen LogP contribution < -0.4 is 10.6 Å². The number of alkyl halides is 3. The Bertz CT molecular complexity index is 1190. The predicted octanol–water partition coefficient (Wildman–Crippen LogP) is 4.51. The summed E-state index contributed by atoms with van der Waals surface area (Å²) in [7, 11) is -1.72. The average Bonchev–Trinajstić information content (AvgIpc) is 2.82. The van der Waals surface area contributed by atoms with Gasteiger partial charge in [0.2, 0.25) is 0 Å². The molecule has 1 saturated heterocycles. The van der Waals surface area contributed by atoms with Crippen LogP contribution in [0.4, 0.5) is 13.2 Å². The summed E-state index contributed by atoms with van der Waals surface area (Å²) in [5, 5.41) is 5.94. The van der Waals surface area contributed by atoms with Crippen LogP contribution in [0.1, 0.15) is 46.8 Å². The second-order valence-electron chi connectivity index (χ2n) is 9.01. The third-order valence-electron chi connectivity index (χ3n) is 6.34. The Morgan fingerprint density at radius 3 is 2.58 bits per heavy atom. The molecule has 1 aliphatic rings. The van der Waals surface area contributed by atoms with Crippen molar-refractivity contribution in [3.8, 4) is 0 Å². The summed E-state index contributed by atoms with van der Waals surface area (Å²) in [4.78, 5) is 14.8. The molecule has 1 unspecified atom stereocenters. The van der Waals surface area contributed by atoms with Gasteiger partial charge in [0.25, 0.3) is 5.91 Å². The standard InChI is InChI=1S/C25H31ClF3N3O3S/c1-3-36(34,35)23-9-8-21(26)11-20(23)14-31-24(33)18-6-7-19(22(12-18)25(27,28)29)16-32-10-4-5-17(15-32)13-30-2/h6-9,11-12,17,30H,3-5,10,13-16H2,1-2H3,(H,31,33). The maximum atomic E-state index is 13.9. The van der Waals surface area contributed by atoms with Crippen molar-refractivity contribution in [2.24, 2.45) is 5.92 Å². The molecule has 11 heteroatoms. The first-order valence-corrected chi connectivity index (χ1v) is 13.8. The highest BCUT2D eigenvalue weighted by atomic mass is 35.5. The van der Waals surface area contributed by atoms with Crippen molar-refractivity contribution in [1.29, 1.82) is 0 Å². The molecule has 0 bridgehead atoms. The summed E-state index contributed by atoms with van der Waals surface area (Å²) in [5.41, 5.74) is -0.607. The van der Waals surface area contributed by atoms with Crippen LogP contribution in [0.5, 0.6) is 0 Å². The van der Waals surface area contributed by atoms with Gasteiger partial charge in [-0.2, -0.15) is 13.2 Å². The SMILES string of the molecule is CCS(=O)(=O)c1ccc(Cl)cc1CNC(=O)c1ccc(CN2CCCC(CNC)C2)c(C(F)(F)F)c1. The summed E-state index contributed by atoms with van der Waals surface area (Å²) in [6.07, 6.45) is -2.66. The van der Waals surface area contributed by atoms with Gasteiger partial charge in [-0.05, 0) is 80.4 Å². The van der Waals surface area contributed by atoms with Gasteiger partial charge < -0.3 is 10.6 Å². The molecular weight excluding hydrogens is 515 g/mol. The van der Waals surface area contributed by atoms with Crippen LogP contribution in [-0.4, -0.2) is 51.7 Å². The second kappa shape index (κ2) is 11.9. The minimum Gasteiger partial charge on any atom is -0.348 e. The Labute approximate surface area is 215 Å². The molecule has 198 valence electrons. The number of nitrogens with one attached hydrogen (secondary N) is 2. The van der Waals surface area contributed by atoms with E-state index in [1.54, 1.807) is 0 Å². The molecule has 1 atom stereocenters. The fourth-order valence-electron chi connectivity index (χ4n) is 4.53. The van der Waals surface area contributed by atoms with Crippen LogP contribution in [0.25, 0.3) is 0 Å². The van der Waals surface area contributed by atoms with Crippen LogP contribution in [-0.2, 0) is 29.1 Å². The van der Waals surface area contributed by atoms with E-state index in [0.717, 1.165) is 32.0 Å². The summed E-state index contributed by atoms with van der Waals surface area (Å²) in [6.45, 7) is 3.70. The molecule has 1 heterocycles. The van der Waals surface area contributed by atoms with Gasteiger partial charge in [0.1, 0.15) is 0 Å². The van der Waals surface area contributed by atoms with Crippen molar-refractivity contribution in [3.63, 3.8) is 0 Å². The van der Waals surface area contributed by atoms with Crippen LogP contribution in [0.15, 0.2) is 41.3 Å². The lowest BCUT2D eigenvalue weighted by Gasteiger charge is -2.33. The summed E-state index contributed by atoms with van der Waals surface area (Å²) < 4.78 is 66.5. The Morgan fingerprint density at radius 1 is 1.17 bits per heavy atom. The van der Waals surface area contributed by atoms with Crippen molar-refractivity contribution in [2.75, 3.05) is 32.4 Å². The van der Waals surface area contributed by atoms with E-state index in [2.05, 4.69) is 10.6 Å². The van der Waals surface area contributed by atoms with Crippen LogP contribution in [0.2, 0.25) is 5.02 Å². The fourth-order valence-corrected chi connectivity index (χ4v) is 5.84. The molecule has 0 saturated carbocycles. The number of sulfone groups is 1. The molecule has 1 fully saturated rings. The maximum Gasteiger partial charge on any atom is 0.416 e. The van der Waals surface area contributed by atoms with E-state index in [1.807, 2.05) is 11.9 Å². The van der Waals surface area contributed by atoms with Gasteiger partial charge in [0, 0.05) is 30.2 Å². The van der Waals surface area contributed by atoms with Crippen LogP contribution >= 0.6 is 11.6 Å². The number of piperidine rings is 1. The summed E-state index contributed by atoms with van der Waals surface area (Å²) in [6, 6.07) is 7.81. The first kappa shape index (κ1) is 28.4. The van der Waals surface area contributed by atoms with E-state index in [0.29, 0.717) is 12.5 Å². The molecule has 0 aliphatic carbocycles. The number of halogens is 4. The third kappa shape index (κ3) is 7.21. The zero-order chi connectivity index (χ0) is 26.5. The highest BCUT2D eigenvalue weighted by Gasteiger charge is 2.35. The maximum absolute atomic E-state index is 13.9. The summed E-state index contributed by atoms with van der Waals surface area (Å²) in [5.74, 6) is -0.492. The number of amides is 1. The summed E-state index contributed by atoms with van der Waals surface area (Å²) >= 11 is 6.00. The molecule has 0 spiro atoms. The normalized spacial score (nSPS) is 17.2. The Hall–Kier alpha value is -2.14. The minimum atomic E-state index is -4.62. The van der Waals surface area contributed by atoms with Gasteiger partial charge in [-0.15, -0.1) is 0 Å². The monoisotopic (exact) mass is 545 g/mol. The Morgan fingerprint density at radius 2 is 1.92 bits per heavy atom. The molecule has 2 N–H and O–H groups in total. The number of hydrogen-bond donors (Lipinski definition) is 2. The number of hydrogen-bond acceptors (Lipinski definition) is 5. The third-order valence-corrected chi connectivity index (χ3v) is 8.41. The molecule has 1 aliphatic heterocycles. The molecule has 2 aromatic carbocycles. The molecule has 3 rings (SSSR count). The van der Waals surface area contributed by atoms with Gasteiger partial charge in [0.15, 0.2) is 9.84 Å². The predicted molar refractivity (Wildman–Crippen MR) is 134 cm³/mol. The largest absolute Gasteiger partial charge is 0.416 e. The average molecular weight is 546 g/mol. The molecule has 0 radical (unpaired) electrons. The molecule has 1 amide bonds. The van der Waals surface area contributed by atoms with Gasteiger partial charge >= 0.3 is 6.18 Å². The number of nitrogens with zero attached hydrogens (tertiary/aromatic N) is 1. The van der Waals surface area contributed by atoms with Crippen molar-refractivity contribution in [1.82, 2.24) is 15.5 Å². The molecule has 0 aromatic heterocycles. The lowest BCUT2D eigenvalue weighted by atomic mass is 9.96. The van der Waals surface area contributed by atoms with Gasteiger partial charge in [-0.3, -0.25) is 9.69 Å². The van der Waals surface area contributed by atoms with E-state index in [9.17, 15) is 26.4 Å². The lowest BCUT2D eigenvalue weighted by Crippen LogP contribution is -2.38. The van der Waals surface area contributed by atoms with E-state index >= 15 is 0 Å². The lowest BCUT2D eigenvalue weighted by molar-refractivity contribution is -0.138. The Kier molecular flexibility index (Phi) is 9.43. The molecular formula is C25H31ClF3N3O3S. The number of likely N-dealkylation sites (tertiary alicyclic amines) is 1. The molecule has 2 aromatic rings. The highest BCUT2D eigenvalue weighted by molar-refractivity contribution is 7.91. The van der Waals surface area contributed by atoms with Gasteiger partial charge in [-0.25, -0.2) is 8.42 Å². The number of carbonyl (C=O) groups excluding carboxylic acids is 1. The minimum absolute atomic E-state index is 0.0270. The van der Waals surface area contributed by atoms with Crippen molar-refractivity contribution in [3.05, 3.63) is 63.7 Å². The first-order chi connectivity index (χ1) is 16.9. The second-order valence-corrected chi connectivity index (χ2v) is 11.7. The number of benzene rings is 2. The molecule has 6 nitrogen and oxygen atoms in total. The molecule has 36 heavy (non-hydrogen) atoms. The smallest absolute Gasteiger partial charge is 0.348 e. The van der Waals surface area contributed by atoms with E-state index in [1.165, 1.54) is 37.3 Å². The van der Waals surface area contributed by atoms with Crippen LogP contribution in [0, 0.1) is 5.92 Å². The highest BCUT2D eigenvalue weighted by Crippen LogP contribution is 2.34. The topological polar surface area (TPSA) is 78.5 Å².